The van der Waals surface area contributed by atoms with Gasteiger partial charge in [0.1, 0.15) is 0 Å². The third-order valence-electron chi connectivity index (χ3n) is 1.98. The first kappa shape index (κ1) is 8.62. The molecular weight excluding hydrogens is 160 g/mol. The Labute approximate surface area is 73.0 Å². The lowest BCUT2D eigenvalue weighted by molar-refractivity contribution is 0.645. The van der Waals surface area contributed by atoms with Gasteiger partial charge in [0.05, 0.1) is 0 Å². The maximum atomic E-state index is 3.37. The molecule has 11 heavy (non-hydrogen) atoms. The van der Waals surface area contributed by atoms with E-state index in [-0.39, 0.29) is 12.4 Å². The van der Waals surface area contributed by atoms with Gasteiger partial charge in [-0.1, -0.05) is 0 Å². The van der Waals surface area contributed by atoms with Crippen LogP contribution in [-0.4, -0.2) is 11.1 Å². The number of rotatable bonds is 0. The van der Waals surface area contributed by atoms with Crippen molar-refractivity contribution in [2.75, 3.05) is 6.54 Å². The van der Waals surface area contributed by atoms with Gasteiger partial charge < -0.3 is 9.88 Å². The molecule has 0 aromatic carbocycles. The number of aromatic nitrogens is 1. The summed E-state index contributed by atoms with van der Waals surface area (Å²) in [5.41, 5.74) is 1.41. The molecule has 0 bridgehead atoms. The van der Waals surface area contributed by atoms with E-state index in [0.717, 1.165) is 13.1 Å². The van der Waals surface area contributed by atoms with Crippen LogP contribution in [0.1, 0.15) is 12.1 Å². The van der Waals surface area contributed by atoms with E-state index in [4.69, 9.17) is 0 Å². The summed E-state index contributed by atoms with van der Waals surface area (Å²) in [6, 6.07) is 4.29. The highest BCUT2D eigenvalue weighted by Gasteiger charge is 2.03. The summed E-state index contributed by atoms with van der Waals surface area (Å²) in [5, 5.41) is 3.37. The molecule has 2 rings (SSSR count). The molecule has 0 saturated heterocycles. The molecule has 1 N–H and O–H groups in total. The predicted octanol–water partition coefficient (Wildman–Crippen LogP) is 1.40. The summed E-state index contributed by atoms with van der Waals surface area (Å²) in [4.78, 5) is 0. The molecule has 1 aliphatic heterocycles. The van der Waals surface area contributed by atoms with Crippen molar-refractivity contribution in [1.29, 1.82) is 0 Å². The van der Waals surface area contributed by atoms with Crippen LogP contribution >= 0.6 is 12.4 Å². The molecule has 0 fully saturated rings. The minimum atomic E-state index is 0. The maximum Gasteiger partial charge on any atom is 0.0359 e. The van der Waals surface area contributed by atoms with Crippen molar-refractivity contribution in [3.63, 3.8) is 0 Å². The Morgan fingerprint density at radius 3 is 3.27 bits per heavy atom. The summed E-state index contributed by atoms with van der Waals surface area (Å²) in [6.45, 7) is 3.37. The van der Waals surface area contributed by atoms with Crippen molar-refractivity contribution >= 4 is 12.4 Å². The quantitative estimate of drug-likeness (QED) is 0.626. The fourth-order valence-electron chi connectivity index (χ4n) is 1.42. The molecule has 0 unspecified atom stereocenters. The lowest BCUT2D eigenvalue weighted by atomic mass is 10.4. The first-order valence-electron chi connectivity index (χ1n) is 3.81. The van der Waals surface area contributed by atoms with Gasteiger partial charge in [0.2, 0.25) is 0 Å². The average Bonchev–Trinajstić information content (AvgIpc) is 2.28. The molecule has 0 radical (unpaired) electrons. The number of nitrogens with one attached hydrogen (secondary N) is 1. The number of nitrogens with zero attached hydrogens (tertiary/aromatic N) is 1. The molecular formula is C8H13ClN2. The smallest absolute Gasteiger partial charge is 0.0359 e. The molecule has 3 heteroatoms. The second kappa shape index (κ2) is 3.79. The summed E-state index contributed by atoms with van der Waals surface area (Å²) < 4.78 is 2.32. The highest BCUT2D eigenvalue weighted by molar-refractivity contribution is 5.85. The van der Waals surface area contributed by atoms with E-state index in [0.29, 0.717) is 0 Å². The summed E-state index contributed by atoms with van der Waals surface area (Å²) in [7, 11) is 0. The van der Waals surface area contributed by atoms with E-state index in [1.165, 1.54) is 18.7 Å². The van der Waals surface area contributed by atoms with Gasteiger partial charge in [-0.25, -0.2) is 0 Å². The van der Waals surface area contributed by atoms with Crippen LogP contribution < -0.4 is 5.32 Å². The van der Waals surface area contributed by atoms with E-state index in [9.17, 15) is 0 Å². The van der Waals surface area contributed by atoms with Crippen molar-refractivity contribution in [2.24, 2.45) is 0 Å². The minimum Gasteiger partial charge on any atom is -0.350 e. The van der Waals surface area contributed by atoms with Gasteiger partial charge in [0.25, 0.3) is 0 Å². The molecule has 2 heterocycles. The van der Waals surface area contributed by atoms with Gasteiger partial charge in [0, 0.05) is 25.0 Å². The van der Waals surface area contributed by atoms with Crippen LogP contribution in [0.15, 0.2) is 18.3 Å². The number of halogens is 1. The molecule has 2 nitrogen and oxygen atoms in total. The highest BCUT2D eigenvalue weighted by Crippen LogP contribution is 2.05. The molecule has 0 atom stereocenters. The summed E-state index contributed by atoms with van der Waals surface area (Å²) in [5.74, 6) is 0. The van der Waals surface area contributed by atoms with E-state index in [1.807, 2.05) is 0 Å². The number of hydrogen-bond acceptors (Lipinski definition) is 1. The van der Waals surface area contributed by atoms with Gasteiger partial charge in [-0.15, -0.1) is 12.4 Å². The predicted molar refractivity (Wildman–Crippen MR) is 48.0 cm³/mol. The molecule has 1 aromatic heterocycles. The van der Waals surface area contributed by atoms with Gasteiger partial charge >= 0.3 is 0 Å². The van der Waals surface area contributed by atoms with E-state index >= 15 is 0 Å². The molecule has 1 aliphatic rings. The zero-order valence-corrected chi connectivity index (χ0v) is 7.23. The Morgan fingerprint density at radius 1 is 1.45 bits per heavy atom. The van der Waals surface area contributed by atoms with Gasteiger partial charge in [0.15, 0.2) is 0 Å². The standard InChI is InChI=1S/C8H12N2.ClH/c1-3-8-7-9-4-2-6-10(8)5-1;/h1,3,5,9H,2,4,6-7H2;1H. The monoisotopic (exact) mass is 172 g/mol. The van der Waals surface area contributed by atoms with Crippen LogP contribution in [0.3, 0.4) is 0 Å². The van der Waals surface area contributed by atoms with Crippen LogP contribution in [0.5, 0.6) is 0 Å². The maximum absolute atomic E-state index is 3.37. The van der Waals surface area contributed by atoms with E-state index in [1.54, 1.807) is 0 Å². The highest BCUT2D eigenvalue weighted by atomic mass is 35.5. The molecule has 1 aromatic rings. The Morgan fingerprint density at radius 2 is 2.36 bits per heavy atom. The number of aryl methyl sites for hydroxylation is 1. The molecule has 62 valence electrons. The van der Waals surface area contributed by atoms with Crippen molar-refractivity contribution in [3.8, 4) is 0 Å². The Hall–Kier alpha value is -0.470. The molecule has 0 spiro atoms. The van der Waals surface area contributed by atoms with Crippen LogP contribution in [0.2, 0.25) is 0 Å². The van der Waals surface area contributed by atoms with Gasteiger partial charge in [-0.2, -0.15) is 0 Å². The Kier molecular flexibility index (Phi) is 2.97. The number of fused-ring (bicyclic) bond motifs is 1. The largest absolute Gasteiger partial charge is 0.350 e. The molecule has 0 aliphatic carbocycles. The third-order valence-corrected chi connectivity index (χ3v) is 1.98. The molecule has 0 saturated carbocycles. The summed E-state index contributed by atoms with van der Waals surface area (Å²) in [6.07, 6.45) is 3.41. The Balaban J connectivity index is 0.000000605. The normalized spacial score (nSPS) is 16.4. The second-order valence-electron chi connectivity index (χ2n) is 2.72. The zero-order chi connectivity index (χ0) is 6.81. The molecule has 0 amide bonds. The summed E-state index contributed by atoms with van der Waals surface area (Å²) >= 11 is 0. The van der Waals surface area contributed by atoms with Crippen molar-refractivity contribution in [1.82, 2.24) is 9.88 Å². The zero-order valence-electron chi connectivity index (χ0n) is 6.42. The fraction of sp³-hybridized carbons (Fsp3) is 0.500. The van der Waals surface area contributed by atoms with Crippen molar-refractivity contribution in [2.45, 2.75) is 19.5 Å². The van der Waals surface area contributed by atoms with Gasteiger partial charge in [-0.05, 0) is 25.1 Å². The topological polar surface area (TPSA) is 17.0 Å². The van der Waals surface area contributed by atoms with Crippen molar-refractivity contribution in [3.05, 3.63) is 24.0 Å². The average molecular weight is 173 g/mol. The van der Waals surface area contributed by atoms with Gasteiger partial charge in [-0.3, -0.25) is 0 Å². The van der Waals surface area contributed by atoms with E-state index in [2.05, 4.69) is 28.2 Å². The first-order chi connectivity index (χ1) is 4.97. The van der Waals surface area contributed by atoms with Crippen molar-refractivity contribution < 1.29 is 0 Å². The fourth-order valence-corrected chi connectivity index (χ4v) is 1.42. The van der Waals surface area contributed by atoms with Crippen LogP contribution in [0.4, 0.5) is 0 Å². The lowest BCUT2D eigenvalue weighted by Gasteiger charge is -2.00. The second-order valence-corrected chi connectivity index (χ2v) is 2.72. The third kappa shape index (κ3) is 1.76. The van der Waals surface area contributed by atoms with E-state index < -0.39 is 0 Å². The Bertz CT molecular complexity index is 199. The lowest BCUT2D eigenvalue weighted by Crippen LogP contribution is -2.11. The van der Waals surface area contributed by atoms with Crippen LogP contribution in [-0.2, 0) is 13.1 Å². The first-order valence-corrected chi connectivity index (χ1v) is 3.81. The minimum absolute atomic E-state index is 0. The van der Waals surface area contributed by atoms with Crippen LogP contribution in [0, 0.1) is 0 Å². The SMILES string of the molecule is Cl.c1cc2n(c1)CCCNC2. The van der Waals surface area contributed by atoms with Crippen LogP contribution in [0.25, 0.3) is 0 Å². The number of hydrogen-bond donors (Lipinski definition) is 1.